The number of hydrogen-bond donors (Lipinski definition) is 1. The molecule has 14 heavy (non-hydrogen) atoms. The van der Waals surface area contributed by atoms with Crippen LogP contribution in [0, 0.1) is 6.92 Å². The summed E-state index contributed by atoms with van der Waals surface area (Å²) in [7, 11) is 0. The van der Waals surface area contributed by atoms with E-state index in [1.54, 1.807) is 13.1 Å². The molecule has 0 radical (unpaired) electrons. The highest BCUT2D eigenvalue weighted by atomic mass is 16.3. The van der Waals surface area contributed by atoms with Gasteiger partial charge in [-0.2, -0.15) is 0 Å². The maximum atomic E-state index is 9.40. The number of aromatic nitrogens is 2. The van der Waals surface area contributed by atoms with Crippen LogP contribution in [-0.2, 0) is 0 Å². The molecule has 1 aromatic heterocycles. The Morgan fingerprint density at radius 2 is 2.07 bits per heavy atom. The Hall–Kier alpha value is -1.48. The Bertz CT molecular complexity index is 466. The van der Waals surface area contributed by atoms with Gasteiger partial charge in [-0.3, -0.25) is 4.98 Å². The first kappa shape index (κ1) is 9.09. The third kappa shape index (κ3) is 1.59. The van der Waals surface area contributed by atoms with E-state index in [2.05, 4.69) is 9.97 Å². The van der Waals surface area contributed by atoms with Crippen molar-refractivity contribution in [3.63, 3.8) is 0 Å². The van der Waals surface area contributed by atoms with Gasteiger partial charge < -0.3 is 5.11 Å². The summed E-state index contributed by atoms with van der Waals surface area (Å²) in [6.07, 6.45) is 1.28. The summed E-state index contributed by atoms with van der Waals surface area (Å²) in [5, 5.41) is 9.40. The highest BCUT2D eigenvalue weighted by Crippen LogP contribution is 2.17. The van der Waals surface area contributed by atoms with Crippen molar-refractivity contribution < 1.29 is 5.11 Å². The lowest BCUT2D eigenvalue weighted by Crippen LogP contribution is -1.93. The summed E-state index contributed by atoms with van der Waals surface area (Å²) < 4.78 is 0. The molecule has 1 heterocycles. The zero-order chi connectivity index (χ0) is 10.1. The van der Waals surface area contributed by atoms with Crippen LogP contribution in [-0.4, -0.2) is 15.1 Å². The molecule has 1 unspecified atom stereocenters. The molecular weight excluding hydrogens is 176 g/mol. The lowest BCUT2D eigenvalue weighted by molar-refractivity contribution is 0.199. The molecule has 0 saturated carbocycles. The SMILES string of the molecule is Cc1cnc2ccc(C(C)O)cc2n1. The molecule has 3 heteroatoms. The topological polar surface area (TPSA) is 46.0 Å². The van der Waals surface area contributed by atoms with Crippen molar-refractivity contribution in [1.82, 2.24) is 9.97 Å². The molecule has 2 aromatic rings. The fourth-order valence-electron chi connectivity index (χ4n) is 1.38. The fraction of sp³-hybridized carbons (Fsp3) is 0.273. The average molecular weight is 188 g/mol. The minimum absolute atomic E-state index is 0.457. The van der Waals surface area contributed by atoms with Crippen molar-refractivity contribution in [3.05, 3.63) is 35.7 Å². The lowest BCUT2D eigenvalue weighted by Gasteiger charge is -2.05. The zero-order valence-corrected chi connectivity index (χ0v) is 8.23. The van der Waals surface area contributed by atoms with E-state index in [4.69, 9.17) is 0 Å². The Morgan fingerprint density at radius 1 is 1.29 bits per heavy atom. The Kier molecular flexibility index (Phi) is 2.17. The predicted octanol–water partition coefficient (Wildman–Crippen LogP) is 1.99. The van der Waals surface area contributed by atoms with Crippen LogP contribution in [0.5, 0.6) is 0 Å². The molecule has 0 bridgehead atoms. The van der Waals surface area contributed by atoms with Crippen molar-refractivity contribution >= 4 is 11.0 Å². The van der Waals surface area contributed by atoms with Gasteiger partial charge in [0.1, 0.15) is 0 Å². The number of benzene rings is 1. The van der Waals surface area contributed by atoms with E-state index >= 15 is 0 Å². The van der Waals surface area contributed by atoms with Crippen LogP contribution >= 0.6 is 0 Å². The number of aliphatic hydroxyl groups excluding tert-OH is 1. The van der Waals surface area contributed by atoms with Crippen molar-refractivity contribution in [2.45, 2.75) is 20.0 Å². The Balaban J connectivity index is 2.63. The van der Waals surface area contributed by atoms with Crippen LogP contribution in [0.15, 0.2) is 24.4 Å². The smallest absolute Gasteiger partial charge is 0.0893 e. The van der Waals surface area contributed by atoms with Crippen LogP contribution in [0.2, 0.25) is 0 Å². The van der Waals surface area contributed by atoms with Crippen molar-refractivity contribution in [2.75, 3.05) is 0 Å². The molecule has 72 valence electrons. The van der Waals surface area contributed by atoms with Crippen LogP contribution < -0.4 is 0 Å². The second kappa shape index (κ2) is 3.35. The first-order valence-electron chi connectivity index (χ1n) is 4.58. The summed E-state index contributed by atoms with van der Waals surface area (Å²) in [6.45, 7) is 3.64. The summed E-state index contributed by atoms with van der Waals surface area (Å²) >= 11 is 0. The Morgan fingerprint density at radius 3 is 2.79 bits per heavy atom. The number of aliphatic hydroxyl groups is 1. The molecule has 1 aromatic carbocycles. The van der Waals surface area contributed by atoms with Gasteiger partial charge in [-0.05, 0) is 31.5 Å². The van der Waals surface area contributed by atoms with E-state index in [1.807, 2.05) is 25.1 Å². The van der Waals surface area contributed by atoms with Gasteiger partial charge in [0.15, 0.2) is 0 Å². The van der Waals surface area contributed by atoms with Gasteiger partial charge >= 0.3 is 0 Å². The standard InChI is InChI=1S/C11H12N2O/c1-7-6-12-10-4-3-9(8(2)14)5-11(10)13-7/h3-6,8,14H,1-2H3. The zero-order valence-electron chi connectivity index (χ0n) is 8.23. The van der Waals surface area contributed by atoms with Crippen molar-refractivity contribution in [1.29, 1.82) is 0 Å². The maximum absolute atomic E-state index is 9.40. The second-order valence-corrected chi connectivity index (χ2v) is 3.44. The Labute approximate surface area is 82.4 Å². The lowest BCUT2D eigenvalue weighted by atomic mass is 10.1. The number of hydrogen-bond acceptors (Lipinski definition) is 3. The molecule has 0 spiro atoms. The molecule has 0 amide bonds. The quantitative estimate of drug-likeness (QED) is 0.744. The third-order valence-corrected chi connectivity index (χ3v) is 2.17. The van der Waals surface area contributed by atoms with Gasteiger partial charge in [-0.25, -0.2) is 4.98 Å². The van der Waals surface area contributed by atoms with Gasteiger partial charge in [-0.15, -0.1) is 0 Å². The van der Waals surface area contributed by atoms with Gasteiger partial charge in [0.2, 0.25) is 0 Å². The van der Waals surface area contributed by atoms with Crippen LogP contribution in [0.3, 0.4) is 0 Å². The normalized spacial score (nSPS) is 13.1. The van der Waals surface area contributed by atoms with E-state index in [-0.39, 0.29) is 0 Å². The van der Waals surface area contributed by atoms with Crippen LogP contribution in [0.4, 0.5) is 0 Å². The first-order chi connectivity index (χ1) is 6.66. The summed E-state index contributed by atoms with van der Waals surface area (Å²) in [5.74, 6) is 0. The maximum Gasteiger partial charge on any atom is 0.0893 e. The largest absolute Gasteiger partial charge is 0.389 e. The van der Waals surface area contributed by atoms with Crippen molar-refractivity contribution in [3.8, 4) is 0 Å². The van der Waals surface area contributed by atoms with Crippen LogP contribution in [0.1, 0.15) is 24.3 Å². The first-order valence-corrected chi connectivity index (χ1v) is 4.58. The molecule has 0 saturated heterocycles. The molecule has 0 fully saturated rings. The third-order valence-electron chi connectivity index (χ3n) is 2.17. The molecule has 0 aliphatic heterocycles. The highest BCUT2D eigenvalue weighted by molar-refractivity contribution is 5.74. The molecule has 3 nitrogen and oxygen atoms in total. The van der Waals surface area contributed by atoms with E-state index in [1.165, 1.54) is 0 Å². The second-order valence-electron chi connectivity index (χ2n) is 3.44. The van der Waals surface area contributed by atoms with Gasteiger partial charge in [0, 0.05) is 6.20 Å². The minimum Gasteiger partial charge on any atom is -0.389 e. The molecular formula is C11H12N2O. The van der Waals surface area contributed by atoms with Crippen LogP contribution in [0.25, 0.3) is 11.0 Å². The summed E-state index contributed by atoms with van der Waals surface area (Å²) in [4.78, 5) is 8.58. The monoisotopic (exact) mass is 188 g/mol. The summed E-state index contributed by atoms with van der Waals surface area (Å²) in [5.41, 5.74) is 3.46. The number of fused-ring (bicyclic) bond motifs is 1. The number of aryl methyl sites for hydroxylation is 1. The van der Waals surface area contributed by atoms with Gasteiger partial charge in [0.05, 0.1) is 22.8 Å². The summed E-state index contributed by atoms with van der Waals surface area (Å²) in [6, 6.07) is 5.63. The molecule has 1 N–H and O–H groups in total. The van der Waals surface area contributed by atoms with Crippen molar-refractivity contribution in [2.24, 2.45) is 0 Å². The number of nitrogens with zero attached hydrogens (tertiary/aromatic N) is 2. The van der Waals surface area contributed by atoms with E-state index in [0.717, 1.165) is 22.3 Å². The van der Waals surface area contributed by atoms with E-state index < -0.39 is 6.10 Å². The predicted molar refractivity (Wildman–Crippen MR) is 54.9 cm³/mol. The van der Waals surface area contributed by atoms with Gasteiger partial charge in [0.25, 0.3) is 0 Å². The fourth-order valence-corrected chi connectivity index (χ4v) is 1.38. The average Bonchev–Trinajstić information content (AvgIpc) is 2.16. The molecule has 2 rings (SSSR count). The highest BCUT2D eigenvalue weighted by Gasteiger charge is 2.03. The van der Waals surface area contributed by atoms with E-state index in [0.29, 0.717) is 0 Å². The molecule has 0 aliphatic carbocycles. The minimum atomic E-state index is -0.457. The molecule has 0 aliphatic rings. The van der Waals surface area contributed by atoms with E-state index in [9.17, 15) is 5.11 Å². The van der Waals surface area contributed by atoms with Gasteiger partial charge in [-0.1, -0.05) is 6.07 Å². The molecule has 1 atom stereocenters. The number of rotatable bonds is 1.